The summed E-state index contributed by atoms with van der Waals surface area (Å²) in [6.07, 6.45) is 1.61. The Labute approximate surface area is 238 Å². The number of amides is 2. The number of rotatable bonds is 8. The topological polar surface area (TPSA) is 108 Å². The normalized spacial score (nSPS) is 22.3. The molecule has 2 bridgehead atoms. The quantitative estimate of drug-likeness (QED) is 0.430. The van der Waals surface area contributed by atoms with Crippen LogP contribution in [0.4, 0.5) is 4.79 Å². The van der Waals surface area contributed by atoms with E-state index in [1.54, 1.807) is 41.3 Å². The minimum absolute atomic E-state index is 0.0898. The lowest BCUT2D eigenvalue weighted by molar-refractivity contribution is -0.0404. The van der Waals surface area contributed by atoms with Crippen LogP contribution in [0.3, 0.4) is 0 Å². The number of ether oxygens (including phenoxy) is 2. The van der Waals surface area contributed by atoms with E-state index in [-0.39, 0.29) is 24.2 Å². The molecule has 2 amide bonds. The molecule has 4 saturated heterocycles. The summed E-state index contributed by atoms with van der Waals surface area (Å²) in [6.45, 7) is 3.91. The fraction of sp³-hybridized carbons (Fsp3) is 0.344. The molecule has 4 fully saturated rings. The Morgan fingerprint density at radius 3 is 2.15 bits per heavy atom. The number of alkyl carbamates (subject to hydrolysis) is 1. The zero-order chi connectivity index (χ0) is 28.4. The predicted molar refractivity (Wildman–Crippen MR) is 151 cm³/mol. The van der Waals surface area contributed by atoms with Gasteiger partial charge >= 0.3 is 12.1 Å². The van der Waals surface area contributed by atoms with Crippen molar-refractivity contribution in [3.63, 3.8) is 0 Å². The van der Waals surface area contributed by atoms with E-state index < -0.39 is 17.6 Å². The van der Waals surface area contributed by atoms with Gasteiger partial charge in [0.25, 0.3) is 5.91 Å². The van der Waals surface area contributed by atoms with Gasteiger partial charge in [0.2, 0.25) is 0 Å². The van der Waals surface area contributed by atoms with Gasteiger partial charge in [-0.15, -0.1) is 0 Å². The summed E-state index contributed by atoms with van der Waals surface area (Å²) in [5.74, 6) is -0.0772. The van der Waals surface area contributed by atoms with E-state index >= 15 is 0 Å². The minimum Gasteiger partial charge on any atom is -0.489 e. The lowest BCUT2D eigenvalue weighted by Gasteiger charge is -2.51. The SMILES string of the molecule is O=C(NC1(c2ccccc2)CN(C(=O)c2ccc(OCc3ccc(C(=O)O)cc3)cc2)C1)O[C@H]1CN2CCC1CC2. The van der Waals surface area contributed by atoms with Crippen LogP contribution in [0.15, 0.2) is 78.9 Å². The fourth-order valence-corrected chi connectivity index (χ4v) is 6.03. The lowest BCUT2D eigenvalue weighted by Crippen LogP contribution is -2.69. The molecule has 9 heteroatoms. The third kappa shape index (κ3) is 5.76. The van der Waals surface area contributed by atoms with E-state index in [9.17, 15) is 14.4 Å². The second kappa shape index (κ2) is 11.2. The largest absolute Gasteiger partial charge is 0.489 e. The Morgan fingerprint density at radius 1 is 0.878 bits per heavy atom. The van der Waals surface area contributed by atoms with Gasteiger partial charge in [-0.2, -0.15) is 0 Å². The summed E-state index contributed by atoms with van der Waals surface area (Å²) in [5, 5.41) is 12.1. The number of hydrogen-bond acceptors (Lipinski definition) is 6. The average molecular weight is 556 g/mol. The van der Waals surface area contributed by atoms with Crippen molar-refractivity contribution >= 4 is 18.0 Å². The van der Waals surface area contributed by atoms with Gasteiger partial charge in [-0.25, -0.2) is 9.59 Å². The van der Waals surface area contributed by atoms with E-state index in [1.807, 2.05) is 30.3 Å². The highest BCUT2D eigenvalue weighted by atomic mass is 16.6. The number of carboxylic acid groups (broad SMARTS) is 1. The molecule has 4 aliphatic rings. The third-order valence-corrected chi connectivity index (χ3v) is 8.44. The maximum Gasteiger partial charge on any atom is 0.408 e. The average Bonchev–Trinajstić information content (AvgIpc) is 2.99. The monoisotopic (exact) mass is 555 g/mol. The number of carbonyl (C=O) groups excluding carboxylic acids is 2. The van der Waals surface area contributed by atoms with Crippen LogP contribution in [0, 0.1) is 5.92 Å². The van der Waals surface area contributed by atoms with Crippen molar-refractivity contribution in [1.29, 1.82) is 0 Å². The third-order valence-electron chi connectivity index (χ3n) is 8.44. The highest BCUT2D eigenvalue weighted by Crippen LogP contribution is 2.35. The van der Waals surface area contributed by atoms with Crippen LogP contribution in [0.2, 0.25) is 0 Å². The molecule has 2 N–H and O–H groups in total. The maximum atomic E-state index is 13.3. The number of carboxylic acids is 1. The van der Waals surface area contributed by atoms with Gasteiger partial charge in [0.1, 0.15) is 24.0 Å². The Morgan fingerprint density at radius 2 is 1.54 bits per heavy atom. The molecule has 0 unspecified atom stereocenters. The smallest absolute Gasteiger partial charge is 0.408 e. The fourth-order valence-electron chi connectivity index (χ4n) is 6.03. The molecule has 0 radical (unpaired) electrons. The van der Waals surface area contributed by atoms with Crippen LogP contribution in [0.25, 0.3) is 0 Å². The van der Waals surface area contributed by atoms with Crippen molar-refractivity contribution in [3.8, 4) is 5.75 Å². The molecule has 41 heavy (non-hydrogen) atoms. The van der Waals surface area contributed by atoms with Crippen molar-refractivity contribution in [1.82, 2.24) is 15.1 Å². The molecular formula is C32H33N3O6. The Hall–Kier alpha value is -4.37. The zero-order valence-electron chi connectivity index (χ0n) is 22.7. The van der Waals surface area contributed by atoms with E-state index in [0.717, 1.165) is 43.6 Å². The summed E-state index contributed by atoms with van der Waals surface area (Å²) >= 11 is 0. The van der Waals surface area contributed by atoms with Crippen LogP contribution in [0.1, 0.15) is 44.7 Å². The molecule has 7 rings (SSSR count). The molecule has 3 aromatic rings. The molecule has 212 valence electrons. The van der Waals surface area contributed by atoms with E-state index in [2.05, 4.69) is 10.2 Å². The van der Waals surface area contributed by atoms with E-state index in [4.69, 9.17) is 14.6 Å². The van der Waals surface area contributed by atoms with Crippen molar-refractivity contribution in [2.75, 3.05) is 32.7 Å². The number of aromatic carboxylic acids is 1. The van der Waals surface area contributed by atoms with E-state index in [1.165, 1.54) is 12.1 Å². The first-order valence-corrected chi connectivity index (χ1v) is 14.0. The van der Waals surface area contributed by atoms with Gasteiger partial charge in [0.15, 0.2) is 0 Å². The highest BCUT2D eigenvalue weighted by Gasteiger charge is 2.49. The number of carbonyl (C=O) groups is 3. The number of piperidine rings is 3. The zero-order valence-corrected chi connectivity index (χ0v) is 22.7. The molecule has 3 aromatic carbocycles. The molecule has 4 aliphatic heterocycles. The second-order valence-corrected chi connectivity index (χ2v) is 11.1. The molecule has 4 heterocycles. The van der Waals surface area contributed by atoms with Gasteiger partial charge in [0.05, 0.1) is 18.7 Å². The second-order valence-electron chi connectivity index (χ2n) is 11.1. The minimum atomic E-state index is -0.971. The Kier molecular flexibility index (Phi) is 7.36. The maximum absolute atomic E-state index is 13.3. The van der Waals surface area contributed by atoms with Crippen molar-refractivity contribution in [3.05, 3.63) is 101 Å². The Balaban J connectivity index is 1.07. The molecule has 0 spiro atoms. The number of nitrogens with one attached hydrogen (secondary N) is 1. The number of nitrogens with zero attached hydrogens (tertiary/aromatic N) is 2. The summed E-state index contributed by atoms with van der Waals surface area (Å²) in [4.78, 5) is 41.5. The molecule has 0 aliphatic carbocycles. The van der Waals surface area contributed by atoms with Crippen molar-refractivity contribution in [2.24, 2.45) is 5.92 Å². The molecule has 0 saturated carbocycles. The van der Waals surface area contributed by atoms with Crippen molar-refractivity contribution in [2.45, 2.75) is 31.1 Å². The van der Waals surface area contributed by atoms with Crippen molar-refractivity contribution < 1.29 is 29.0 Å². The first-order valence-electron chi connectivity index (χ1n) is 14.0. The number of hydrogen-bond donors (Lipinski definition) is 2. The highest BCUT2D eigenvalue weighted by molar-refractivity contribution is 5.95. The van der Waals surface area contributed by atoms with Gasteiger partial charge in [-0.1, -0.05) is 42.5 Å². The predicted octanol–water partition coefficient (Wildman–Crippen LogP) is 4.14. The molecule has 9 nitrogen and oxygen atoms in total. The molecule has 0 aromatic heterocycles. The van der Waals surface area contributed by atoms with Gasteiger partial charge in [-0.05, 0) is 79.4 Å². The number of benzene rings is 3. The number of fused-ring (bicyclic) bond motifs is 3. The van der Waals surface area contributed by atoms with Gasteiger partial charge < -0.3 is 24.8 Å². The van der Waals surface area contributed by atoms with Crippen LogP contribution >= 0.6 is 0 Å². The Bertz CT molecular complexity index is 1400. The van der Waals surface area contributed by atoms with Crippen LogP contribution in [-0.2, 0) is 16.9 Å². The summed E-state index contributed by atoms with van der Waals surface area (Å²) < 4.78 is 11.7. The van der Waals surface area contributed by atoms with E-state index in [0.29, 0.717) is 30.3 Å². The summed E-state index contributed by atoms with van der Waals surface area (Å²) in [7, 11) is 0. The van der Waals surface area contributed by atoms with Crippen LogP contribution in [0.5, 0.6) is 5.75 Å². The molecule has 1 atom stereocenters. The summed E-state index contributed by atoms with van der Waals surface area (Å²) in [5.41, 5.74) is 1.82. The molecular weight excluding hydrogens is 522 g/mol. The summed E-state index contributed by atoms with van der Waals surface area (Å²) in [6, 6.07) is 23.2. The lowest BCUT2D eigenvalue weighted by atomic mass is 9.82. The van der Waals surface area contributed by atoms with Gasteiger partial charge in [-0.3, -0.25) is 9.69 Å². The number of likely N-dealkylation sites (tertiary alicyclic amines) is 1. The first kappa shape index (κ1) is 26.8. The van der Waals surface area contributed by atoms with Crippen LogP contribution < -0.4 is 10.1 Å². The van der Waals surface area contributed by atoms with Crippen LogP contribution in [-0.4, -0.2) is 71.7 Å². The van der Waals surface area contributed by atoms with Gasteiger partial charge in [0, 0.05) is 12.1 Å². The first-order chi connectivity index (χ1) is 19.9. The standard InChI is InChI=1S/C32H33N3O6/c36-29(24-10-12-27(13-11-24)40-19-22-6-8-25(9-7-22)30(37)38)35-20-32(21-35,26-4-2-1-3-5-26)33-31(39)41-28-18-34-16-14-23(28)15-17-34/h1-13,23,28H,14-21H2,(H,33,39)(H,37,38)/t28-/m0/s1.